The second kappa shape index (κ2) is 8.82. The summed E-state index contributed by atoms with van der Waals surface area (Å²) < 4.78 is 13.9. The van der Waals surface area contributed by atoms with Crippen molar-refractivity contribution in [2.45, 2.75) is 13.3 Å². The van der Waals surface area contributed by atoms with Crippen LogP contribution in [-0.4, -0.2) is 29.7 Å². The summed E-state index contributed by atoms with van der Waals surface area (Å²) in [6.45, 7) is 2.71. The van der Waals surface area contributed by atoms with E-state index in [0.29, 0.717) is 30.6 Å². The molecule has 0 spiro atoms. The molecule has 1 amide bonds. The number of amides is 1. The molecule has 1 aliphatic heterocycles. The van der Waals surface area contributed by atoms with Crippen LogP contribution in [0.3, 0.4) is 0 Å². The van der Waals surface area contributed by atoms with E-state index < -0.39 is 0 Å². The second-order valence-corrected chi connectivity index (χ2v) is 7.21. The third-order valence-corrected chi connectivity index (χ3v) is 5.11. The van der Waals surface area contributed by atoms with Gasteiger partial charge in [0.05, 0.1) is 12.3 Å². The van der Waals surface area contributed by atoms with Crippen molar-refractivity contribution in [2.24, 2.45) is 4.99 Å². The highest BCUT2D eigenvalue weighted by Crippen LogP contribution is 2.24. The summed E-state index contributed by atoms with van der Waals surface area (Å²) in [5.74, 6) is -0.373. The number of nitrogens with zero attached hydrogens (tertiary/aromatic N) is 2. The lowest BCUT2D eigenvalue weighted by molar-refractivity contribution is 0.0954. The molecule has 150 valence electrons. The molecule has 0 aliphatic carbocycles. The Morgan fingerprint density at radius 1 is 1.10 bits per heavy atom. The monoisotopic (exact) mass is 399 g/mol. The molecular weight excluding hydrogens is 377 g/mol. The number of aryl methyl sites for hydroxylation is 1. The molecule has 1 N–H and O–H groups in total. The Balaban J connectivity index is 1.49. The third kappa shape index (κ3) is 4.35. The fourth-order valence-electron chi connectivity index (χ4n) is 3.41. The average Bonchev–Trinajstić information content (AvgIpc) is 3.26. The number of allylic oxidation sites excluding steroid dienone is 1. The van der Waals surface area contributed by atoms with Crippen molar-refractivity contribution in [3.63, 3.8) is 0 Å². The van der Waals surface area contributed by atoms with Gasteiger partial charge in [0.1, 0.15) is 5.82 Å². The number of rotatable bonds is 6. The second-order valence-electron chi connectivity index (χ2n) is 7.21. The molecule has 0 saturated heterocycles. The molecule has 0 atom stereocenters. The first-order valence-corrected chi connectivity index (χ1v) is 9.91. The Morgan fingerprint density at radius 3 is 2.73 bits per heavy atom. The van der Waals surface area contributed by atoms with Gasteiger partial charge in [0.2, 0.25) is 0 Å². The fourth-order valence-corrected chi connectivity index (χ4v) is 3.41. The Bertz CT molecular complexity index is 1140. The van der Waals surface area contributed by atoms with Crippen LogP contribution in [0, 0.1) is 12.7 Å². The van der Waals surface area contributed by atoms with Crippen molar-refractivity contribution >= 4 is 17.2 Å². The highest BCUT2D eigenvalue weighted by Gasteiger charge is 2.18. The Kier molecular flexibility index (Phi) is 5.80. The molecule has 30 heavy (non-hydrogen) atoms. The first-order valence-electron chi connectivity index (χ1n) is 9.91. The molecule has 0 saturated carbocycles. The quantitative estimate of drug-likeness (QED) is 0.668. The minimum Gasteiger partial charge on any atom is -0.352 e. The van der Waals surface area contributed by atoms with Gasteiger partial charge in [-0.15, -0.1) is 0 Å². The van der Waals surface area contributed by atoms with Crippen LogP contribution in [0.1, 0.15) is 32.7 Å². The van der Waals surface area contributed by atoms with Crippen molar-refractivity contribution < 1.29 is 9.18 Å². The van der Waals surface area contributed by atoms with E-state index in [9.17, 15) is 9.18 Å². The number of aromatic nitrogens is 1. The maximum atomic E-state index is 13.9. The summed E-state index contributed by atoms with van der Waals surface area (Å²) >= 11 is 0. The average molecular weight is 399 g/mol. The van der Waals surface area contributed by atoms with E-state index in [0.717, 1.165) is 28.1 Å². The van der Waals surface area contributed by atoms with Gasteiger partial charge >= 0.3 is 0 Å². The van der Waals surface area contributed by atoms with Crippen LogP contribution in [0.25, 0.3) is 5.57 Å². The van der Waals surface area contributed by atoms with Crippen LogP contribution in [0.2, 0.25) is 0 Å². The van der Waals surface area contributed by atoms with Gasteiger partial charge in [-0.25, -0.2) is 4.39 Å². The van der Waals surface area contributed by atoms with E-state index in [4.69, 9.17) is 0 Å². The maximum Gasteiger partial charge on any atom is 0.251 e. The summed E-state index contributed by atoms with van der Waals surface area (Å²) in [5, 5.41) is 2.96. The van der Waals surface area contributed by atoms with Gasteiger partial charge in [-0.05, 0) is 54.0 Å². The van der Waals surface area contributed by atoms with Gasteiger partial charge in [0, 0.05) is 36.0 Å². The molecule has 1 aliphatic rings. The minimum atomic E-state index is -0.227. The Hall–Kier alpha value is -3.60. The SMILES string of the molecule is Cc1ccc(C2=CC(c3ccccc3C(=O)NCCc3ccccn3)=NC2)cc1F. The topological polar surface area (TPSA) is 54.4 Å². The van der Waals surface area contributed by atoms with Gasteiger partial charge < -0.3 is 5.32 Å². The first kappa shape index (κ1) is 19.7. The lowest BCUT2D eigenvalue weighted by atomic mass is 9.99. The number of hydrogen-bond acceptors (Lipinski definition) is 3. The Morgan fingerprint density at radius 2 is 1.93 bits per heavy atom. The standard InChI is InChI=1S/C25H22FN3O/c1-17-9-10-18(14-23(17)26)19-15-24(29-16-19)21-7-2-3-8-22(21)25(30)28-13-11-20-6-4-5-12-27-20/h2-10,12,14-15H,11,13,16H2,1H3,(H,28,30). The van der Waals surface area contributed by atoms with Crippen LogP contribution in [0.15, 0.2) is 77.9 Å². The highest BCUT2D eigenvalue weighted by atomic mass is 19.1. The minimum absolute atomic E-state index is 0.146. The molecule has 4 nitrogen and oxygen atoms in total. The van der Waals surface area contributed by atoms with Crippen molar-refractivity contribution in [1.82, 2.24) is 10.3 Å². The number of pyridine rings is 1. The van der Waals surface area contributed by atoms with E-state index in [1.807, 2.05) is 48.5 Å². The number of carbonyl (C=O) groups is 1. The molecule has 0 unspecified atom stereocenters. The predicted octanol–water partition coefficient (Wildman–Crippen LogP) is 4.39. The van der Waals surface area contributed by atoms with Gasteiger partial charge in [-0.1, -0.05) is 36.4 Å². The van der Waals surface area contributed by atoms with E-state index in [2.05, 4.69) is 15.3 Å². The largest absolute Gasteiger partial charge is 0.352 e. The van der Waals surface area contributed by atoms with E-state index in [1.165, 1.54) is 6.07 Å². The first-order chi connectivity index (χ1) is 14.6. The maximum absolute atomic E-state index is 13.9. The van der Waals surface area contributed by atoms with Crippen molar-refractivity contribution in [1.29, 1.82) is 0 Å². The summed E-state index contributed by atoms with van der Waals surface area (Å²) in [4.78, 5) is 21.7. The lowest BCUT2D eigenvalue weighted by Gasteiger charge is -2.09. The zero-order chi connectivity index (χ0) is 20.9. The van der Waals surface area contributed by atoms with E-state index >= 15 is 0 Å². The zero-order valence-corrected chi connectivity index (χ0v) is 16.7. The van der Waals surface area contributed by atoms with Gasteiger partial charge in [0.25, 0.3) is 5.91 Å². The summed E-state index contributed by atoms with van der Waals surface area (Å²) in [7, 11) is 0. The van der Waals surface area contributed by atoms with E-state index in [-0.39, 0.29) is 11.7 Å². The molecule has 2 aromatic carbocycles. The molecule has 3 aromatic rings. The molecule has 4 rings (SSSR count). The fraction of sp³-hybridized carbons (Fsp3) is 0.160. The van der Waals surface area contributed by atoms with Crippen LogP contribution >= 0.6 is 0 Å². The van der Waals surface area contributed by atoms with Crippen LogP contribution < -0.4 is 5.32 Å². The smallest absolute Gasteiger partial charge is 0.251 e. The summed E-state index contributed by atoms with van der Waals surface area (Å²) in [6.07, 6.45) is 4.34. The third-order valence-electron chi connectivity index (χ3n) is 5.11. The number of carbonyl (C=O) groups excluding carboxylic acids is 1. The summed E-state index contributed by atoms with van der Waals surface area (Å²) in [6, 6.07) is 18.4. The molecule has 0 bridgehead atoms. The van der Waals surface area contributed by atoms with Crippen LogP contribution in [0.5, 0.6) is 0 Å². The molecule has 0 radical (unpaired) electrons. The van der Waals surface area contributed by atoms with Gasteiger partial charge in [-0.3, -0.25) is 14.8 Å². The number of hydrogen-bond donors (Lipinski definition) is 1. The Labute approximate surface area is 175 Å². The molecular formula is C25H22FN3O. The zero-order valence-electron chi connectivity index (χ0n) is 16.7. The number of halogens is 1. The van der Waals surface area contributed by atoms with Crippen LogP contribution in [0.4, 0.5) is 4.39 Å². The molecule has 2 heterocycles. The predicted molar refractivity (Wildman–Crippen MR) is 117 cm³/mol. The van der Waals surface area contributed by atoms with Crippen molar-refractivity contribution in [3.8, 4) is 0 Å². The van der Waals surface area contributed by atoms with Gasteiger partial charge in [0.15, 0.2) is 0 Å². The van der Waals surface area contributed by atoms with E-state index in [1.54, 1.807) is 25.3 Å². The number of benzene rings is 2. The molecule has 5 heteroatoms. The van der Waals surface area contributed by atoms with Crippen molar-refractivity contribution in [3.05, 3.63) is 107 Å². The highest BCUT2D eigenvalue weighted by molar-refractivity contribution is 6.19. The van der Waals surface area contributed by atoms with Crippen molar-refractivity contribution in [2.75, 3.05) is 13.1 Å². The normalized spacial score (nSPS) is 13.0. The van der Waals surface area contributed by atoms with Crippen LogP contribution in [-0.2, 0) is 6.42 Å². The number of aliphatic imine (C=N–C) groups is 1. The molecule has 0 fully saturated rings. The molecule has 1 aromatic heterocycles. The van der Waals surface area contributed by atoms with Gasteiger partial charge in [-0.2, -0.15) is 0 Å². The summed E-state index contributed by atoms with van der Waals surface area (Å²) in [5.41, 5.74) is 5.39. The number of nitrogens with one attached hydrogen (secondary N) is 1. The lowest BCUT2D eigenvalue weighted by Crippen LogP contribution is -2.27.